The molecule has 0 unspecified atom stereocenters. The smallest absolute Gasteiger partial charge is 0.319 e. The highest BCUT2D eigenvalue weighted by molar-refractivity contribution is 5.92. The van der Waals surface area contributed by atoms with Crippen LogP contribution in [0.1, 0.15) is 42.5 Å². The molecule has 0 saturated heterocycles. The van der Waals surface area contributed by atoms with Crippen molar-refractivity contribution in [1.82, 2.24) is 10.6 Å². The number of nitrogens with one attached hydrogen (secondary N) is 4. The maximum Gasteiger partial charge on any atom is 0.319 e. The van der Waals surface area contributed by atoms with E-state index in [4.69, 9.17) is 0 Å². The number of hydrogen-bond donors (Lipinski definition) is 4. The number of benzene rings is 2. The molecule has 0 spiro atoms. The Labute approximate surface area is 185 Å². The number of carbonyl (C=O) groups excluding carboxylic acids is 2. The molecule has 4 N–H and O–H groups in total. The van der Waals surface area contributed by atoms with Gasteiger partial charge in [0.25, 0.3) is 0 Å². The number of rotatable bonds is 5. The van der Waals surface area contributed by atoms with Crippen LogP contribution in [-0.2, 0) is 0 Å². The zero-order valence-corrected chi connectivity index (χ0v) is 19.3. The summed E-state index contributed by atoms with van der Waals surface area (Å²) in [5.74, 6) is 0.293. The van der Waals surface area contributed by atoms with E-state index in [0.29, 0.717) is 12.5 Å². The van der Waals surface area contributed by atoms with Crippen LogP contribution in [0.2, 0.25) is 0 Å². The molecule has 2 aromatic rings. The maximum absolute atomic E-state index is 12.5. The fourth-order valence-corrected chi connectivity index (χ4v) is 4.31. The third-order valence-corrected chi connectivity index (χ3v) is 6.72. The van der Waals surface area contributed by atoms with Gasteiger partial charge in [0.1, 0.15) is 0 Å². The normalized spacial score (nSPS) is 19.2. The molecule has 1 aliphatic rings. The zero-order chi connectivity index (χ0) is 22.8. The molecular formula is C25H34N4O2. The monoisotopic (exact) mass is 422 g/mol. The van der Waals surface area contributed by atoms with Crippen molar-refractivity contribution in [3.8, 4) is 0 Å². The van der Waals surface area contributed by atoms with Gasteiger partial charge in [-0.2, -0.15) is 0 Å². The topological polar surface area (TPSA) is 82.3 Å². The van der Waals surface area contributed by atoms with E-state index in [0.717, 1.165) is 40.0 Å². The summed E-state index contributed by atoms with van der Waals surface area (Å²) in [6.07, 6.45) is 0.830. The lowest BCUT2D eigenvalue weighted by Crippen LogP contribution is -2.61. The molecule has 1 aliphatic carbocycles. The second-order valence-corrected chi connectivity index (χ2v) is 9.27. The fraction of sp³-hybridized carbons (Fsp3) is 0.440. The average Bonchev–Trinajstić information content (AvgIpc) is 2.70. The molecule has 1 saturated carbocycles. The Bertz CT molecular complexity index is 943. The number of carbonyl (C=O) groups is 2. The molecule has 0 bridgehead atoms. The van der Waals surface area contributed by atoms with Gasteiger partial charge in [0.2, 0.25) is 0 Å². The van der Waals surface area contributed by atoms with Gasteiger partial charge in [0.15, 0.2) is 0 Å². The number of aryl methyl sites for hydroxylation is 4. The minimum absolute atomic E-state index is 0.0605. The Morgan fingerprint density at radius 1 is 0.839 bits per heavy atom. The molecule has 2 aromatic carbocycles. The lowest BCUT2D eigenvalue weighted by Gasteiger charge is -2.52. The second kappa shape index (κ2) is 9.00. The Balaban J connectivity index is 1.49. The van der Waals surface area contributed by atoms with E-state index in [1.165, 1.54) is 0 Å². The molecule has 0 radical (unpaired) electrons. The predicted molar refractivity (Wildman–Crippen MR) is 127 cm³/mol. The van der Waals surface area contributed by atoms with Crippen molar-refractivity contribution in [3.63, 3.8) is 0 Å². The minimum Gasteiger partial charge on any atom is -0.338 e. The van der Waals surface area contributed by atoms with Crippen molar-refractivity contribution < 1.29 is 9.59 Å². The van der Waals surface area contributed by atoms with Crippen LogP contribution in [0.25, 0.3) is 0 Å². The van der Waals surface area contributed by atoms with Gasteiger partial charge < -0.3 is 21.3 Å². The molecule has 6 nitrogen and oxygen atoms in total. The van der Waals surface area contributed by atoms with Crippen molar-refractivity contribution in [2.45, 2.75) is 54.0 Å². The number of urea groups is 2. The predicted octanol–water partition coefficient (Wildman–Crippen LogP) is 5.28. The Morgan fingerprint density at radius 3 is 1.74 bits per heavy atom. The summed E-state index contributed by atoms with van der Waals surface area (Å²) in [7, 11) is 0. The van der Waals surface area contributed by atoms with Crippen molar-refractivity contribution in [1.29, 1.82) is 0 Å². The molecule has 4 amide bonds. The van der Waals surface area contributed by atoms with Crippen LogP contribution < -0.4 is 21.3 Å². The van der Waals surface area contributed by atoms with Crippen LogP contribution in [0.3, 0.4) is 0 Å². The zero-order valence-electron chi connectivity index (χ0n) is 19.3. The van der Waals surface area contributed by atoms with Crippen molar-refractivity contribution in [3.05, 3.63) is 58.7 Å². The summed E-state index contributed by atoms with van der Waals surface area (Å²) in [5.41, 5.74) is 5.77. The molecule has 6 heteroatoms. The molecule has 166 valence electrons. The summed E-state index contributed by atoms with van der Waals surface area (Å²) in [6.45, 7) is 12.8. The number of hydrogen-bond acceptors (Lipinski definition) is 2. The lowest BCUT2D eigenvalue weighted by atomic mass is 9.58. The van der Waals surface area contributed by atoms with Crippen LogP contribution in [-0.4, -0.2) is 24.6 Å². The van der Waals surface area contributed by atoms with E-state index < -0.39 is 0 Å². The van der Waals surface area contributed by atoms with Crippen LogP contribution in [0.15, 0.2) is 36.4 Å². The molecule has 0 aromatic heterocycles. The highest BCUT2D eigenvalue weighted by atomic mass is 16.2. The SMILES string of the molecule is Cc1cccc(C)c1NC(=O)NC[C@H]1C[C@@H](NC(=O)Nc2c(C)cccc2C)C1(C)C. The van der Waals surface area contributed by atoms with Gasteiger partial charge in [-0.05, 0) is 67.7 Å². The van der Waals surface area contributed by atoms with Gasteiger partial charge in [-0.3, -0.25) is 0 Å². The van der Waals surface area contributed by atoms with Gasteiger partial charge in [0, 0.05) is 24.0 Å². The quantitative estimate of drug-likeness (QED) is 0.529. The highest BCUT2D eigenvalue weighted by Gasteiger charge is 2.48. The number of para-hydroxylation sites is 2. The molecule has 3 rings (SSSR count). The van der Waals surface area contributed by atoms with Gasteiger partial charge >= 0.3 is 12.1 Å². The van der Waals surface area contributed by atoms with Gasteiger partial charge in [-0.1, -0.05) is 50.2 Å². The summed E-state index contributed by atoms with van der Waals surface area (Å²) in [5, 5.41) is 12.0. The van der Waals surface area contributed by atoms with Crippen LogP contribution in [0, 0.1) is 39.0 Å². The molecule has 0 heterocycles. The van der Waals surface area contributed by atoms with E-state index in [1.54, 1.807) is 0 Å². The van der Waals surface area contributed by atoms with E-state index in [-0.39, 0.29) is 23.5 Å². The number of amides is 4. The molecular weight excluding hydrogens is 388 g/mol. The van der Waals surface area contributed by atoms with E-state index in [2.05, 4.69) is 35.1 Å². The fourth-order valence-electron chi connectivity index (χ4n) is 4.31. The van der Waals surface area contributed by atoms with Gasteiger partial charge in [-0.25, -0.2) is 9.59 Å². The lowest BCUT2D eigenvalue weighted by molar-refractivity contribution is 0.0244. The first-order valence-corrected chi connectivity index (χ1v) is 10.8. The number of anilines is 2. The van der Waals surface area contributed by atoms with Crippen molar-refractivity contribution >= 4 is 23.4 Å². The van der Waals surface area contributed by atoms with Crippen molar-refractivity contribution in [2.75, 3.05) is 17.2 Å². The first-order valence-electron chi connectivity index (χ1n) is 10.8. The molecule has 31 heavy (non-hydrogen) atoms. The maximum atomic E-state index is 12.5. The summed E-state index contributed by atoms with van der Waals surface area (Å²) in [6, 6.07) is 11.6. The van der Waals surface area contributed by atoms with Crippen LogP contribution in [0.5, 0.6) is 0 Å². The first-order chi connectivity index (χ1) is 14.6. The average molecular weight is 423 g/mol. The summed E-state index contributed by atoms with van der Waals surface area (Å²) in [4.78, 5) is 24.9. The van der Waals surface area contributed by atoms with E-state index in [9.17, 15) is 9.59 Å². The Hall–Kier alpha value is -3.02. The van der Waals surface area contributed by atoms with Gasteiger partial charge in [0.05, 0.1) is 0 Å². The van der Waals surface area contributed by atoms with Crippen molar-refractivity contribution in [2.24, 2.45) is 11.3 Å². The molecule has 1 fully saturated rings. The Kier molecular flexibility index (Phi) is 6.58. The van der Waals surface area contributed by atoms with Crippen LogP contribution >= 0.6 is 0 Å². The third kappa shape index (κ3) is 5.01. The van der Waals surface area contributed by atoms with Gasteiger partial charge in [-0.15, -0.1) is 0 Å². The highest BCUT2D eigenvalue weighted by Crippen LogP contribution is 2.45. The Morgan fingerprint density at radius 2 is 1.29 bits per heavy atom. The summed E-state index contributed by atoms with van der Waals surface area (Å²) >= 11 is 0. The third-order valence-electron chi connectivity index (χ3n) is 6.72. The van der Waals surface area contributed by atoms with E-state index in [1.807, 2.05) is 64.1 Å². The summed E-state index contributed by atoms with van der Waals surface area (Å²) < 4.78 is 0. The van der Waals surface area contributed by atoms with E-state index >= 15 is 0 Å². The molecule has 0 aliphatic heterocycles. The molecule has 2 atom stereocenters. The largest absolute Gasteiger partial charge is 0.338 e. The second-order valence-electron chi connectivity index (χ2n) is 9.27. The standard InChI is InChI=1S/C25H34N4O2/c1-15-9-7-10-16(2)21(15)28-23(30)26-14-19-13-20(25(19,5)6)27-24(31)29-22-17(3)11-8-12-18(22)4/h7-12,19-20H,13-14H2,1-6H3,(H2,26,28,30)(H2,27,29,31)/t19-,20-/m1/s1. The van der Waals surface area contributed by atoms with Crippen LogP contribution in [0.4, 0.5) is 21.0 Å². The first kappa shape index (κ1) is 22.7. The minimum atomic E-state index is -0.197.